The molecule has 0 fully saturated rings. The molecule has 0 atom stereocenters. The van der Waals surface area contributed by atoms with Crippen molar-refractivity contribution in [3.63, 3.8) is 0 Å². The summed E-state index contributed by atoms with van der Waals surface area (Å²) in [6.45, 7) is 0. The molecule has 0 bridgehead atoms. The van der Waals surface area contributed by atoms with E-state index in [1.807, 2.05) is 0 Å². The maximum Gasteiger partial charge on any atom is 0 e. The monoisotopic (exact) mass is 444 g/mol. The molecule has 16 heteroatoms. The maximum absolute atomic E-state index is 0. The second-order valence-electron chi connectivity index (χ2n) is 0. The summed E-state index contributed by atoms with van der Waals surface area (Å²) in [4.78, 5) is 0. The molecule has 0 rings (SSSR count). The average Bonchev–Trinajstić information content (AvgIpc) is 0. The molecule has 0 aromatic rings. The van der Waals surface area contributed by atoms with Crippen LogP contribution >= 0.6 is 0 Å². The van der Waals surface area contributed by atoms with Gasteiger partial charge in [-0.05, 0) is 0 Å². The van der Waals surface area contributed by atoms with Gasteiger partial charge in [0.2, 0.25) is 0 Å². The number of rotatable bonds is 0. The smallest absolute Gasteiger partial charge is 0 e. The molecule has 0 heterocycles. The molecular weight excluding hydrogens is 432 g/mol. The van der Waals surface area contributed by atoms with E-state index in [1.165, 1.54) is 0 Å². The van der Waals surface area contributed by atoms with Gasteiger partial charge in [-0.1, -0.05) is 0 Å². The number of halogens is 12. The second-order valence-corrected chi connectivity index (χ2v) is 0. The Bertz CT molecular complexity index is 13.0. The van der Waals surface area contributed by atoms with E-state index in [-0.39, 0.29) is 131 Å². The van der Waals surface area contributed by atoms with Crippen molar-refractivity contribution in [2.45, 2.75) is 0 Å². The van der Waals surface area contributed by atoms with Gasteiger partial charge < -0.3 is 0 Å². The first-order valence-electron chi connectivity index (χ1n) is 0. The van der Waals surface area contributed by atoms with Gasteiger partial charge in [0.05, 0.1) is 0 Å². The van der Waals surface area contributed by atoms with Gasteiger partial charge in [-0.2, -0.15) is 0 Å². The Morgan fingerprint density at radius 3 is 0.125 bits per heavy atom. The van der Waals surface area contributed by atoms with Crippen molar-refractivity contribution in [1.82, 2.24) is 0 Å². The molecule has 0 N–H and O–H groups in total. The summed E-state index contributed by atoms with van der Waals surface area (Å²) in [7, 11) is 0. The van der Waals surface area contributed by atoms with Crippen LogP contribution in [-0.2, 0) is 74.2 Å². The zero-order chi connectivity index (χ0) is 0. The summed E-state index contributed by atoms with van der Waals surface area (Å²) in [5.41, 5.74) is 0. The van der Waals surface area contributed by atoms with Crippen LogP contribution in [0.2, 0.25) is 0 Å². The zero-order valence-corrected chi connectivity index (χ0v) is 12.3. The van der Waals surface area contributed by atoms with Crippen LogP contribution in [0.5, 0.6) is 0 Å². The van der Waals surface area contributed by atoms with Gasteiger partial charge in [0.1, 0.15) is 0 Å². The molecule has 16 heavy (non-hydrogen) atoms. The van der Waals surface area contributed by atoms with Crippen LogP contribution in [0.15, 0.2) is 0 Å². The van der Waals surface area contributed by atoms with Crippen molar-refractivity contribution < 1.29 is 131 Å². The quantitative estimate of drug-likeness (QED) is 0.501. The third-order valence-electron chi connectivity index (χ3n) is 0. The minimum atomic E-state index is 0. The van der Waals surface area contributed by atoms with Crippen molar-refractivity contribution in [3.8, 4) is 0 Å². The Balaban J connectivity index is 0. The van der Waals surface area contributed by atoms with Gasteiger partial charge in [0.15, 0.2) is 0 Å². The number of hydrogen-bond donors (Lipinski definition) is 0. The summed E-state index contributed by atoms with van der Waals surface area (Å²) < 4.78 is 0. The fourth-order valence-electron chi connectivity index (χ4n) is 0. The Morgan fingerprint density at radius 1 is 0.125 bits per heavy atom. The minimum Gasteiger partial charge on any atom is -0.269 e. The summed E-state index contributed by atoms with van der Waals surface area (Å²) >= 11 is 0. The van der Waals surface area contributed by atoms with Crippen LogP contribution in [-0.4, -0.2) is 0 Å². The minimum absolute atomic E-state index is 0. The van der Waals surface area contributed by atoms with Crippen LogP contribution in [0.25, 0.3) is 0 Å². The van der Waals surface area contributed by atoms with E-state index in [9.17, 15) is 0 Å². The first kappa shape index (κ1) is 2120. The third kappa shape index (κ3) is 1450. The van der Waals surface area contributed by atoms with Crippen LogP contribution in [0.4, 0.5) is 56.5 Å². The van der Waals surface area contributed by atoms with Gasteiger partial charge in [0.25, 0.3) is 0 Å². The molecule has 0 amide bonds. The third-order valence-corrected chi connectivity index (χ3v) is 0. The van der Waals surface area contributed by atoms with Gasteiger partial charge in [0, 0.05) is 74.2 Å². The molecular formula is H12F12V4. The normalized spacial score (nSPS) is 0. The van der Waals surface area contributed by atoms with E-state index in [1.54, 1.807) is 0 Å². The van der Waals surface area contributed by atoms with E-state index in [4.69, 9.17) is 0 Å². The molecule has 0 saturated carbocycles. The second kappa shape index (κ2) is 1770. The molecule has 0 nitrogen and oxygen atoms in total. The summed E-state index contributed by atoms with van der Waals surface area (Å²) in [5, 5.41) is 0. The van der Waals surface area contributed by atoms with Crippen molar-refractivity contribution in [1.29, 1.82) is 0 Å². The van der Waals surface area contributed by atoms with Gasteiger partial charge in [-0.15, -0.1) is 0 Å². The van der Waals surface area contributed by atoms with E-state index in [0.29, 0.717) is 0 Å². The molecule has 0 aliphatic heterocycles. The van der Waals surface area contributed by atoms with Gasteiger partial charge >= 0.3 is 0 Å². The fourth-order valence-corrected chi connectivity index (χ4v) is 0. The van der Waals surface area contributed by atoms with Crippen LogP contribution < -0.4 is 0 Å². The fraction of sp³-hybridized carbons (Fsp3) is 0. The number of hydrogen-bond acceptors (Lipinski definition) is 0. The Kier molecular flexibility index (Phi) is 234000. The first-order valence-corrected chi connectivity index (χ1v) is 0. The van der Waals surface area contributed by atoms with Gasteiger partial charge in [-0.3, -0.25) is 56.5 Å². The van der Waals surface area contributed by atoms with Crippen LogP contribution in [0.3, 0.4) is 0 Å². The summed E-state index contributed by atoms with van der Waals surface area (Å²) in [5.74, 6) is 0. The van der Waals surface area contributed by atoms with Crippen molar-refractivity contribution in [2.24, 2.45) is 0 Å². The maximum atomic E-state index is 0. The summed E-state index contributed by atoms with van der Waals surface area (Å²) in [6, 6.07) is 0. The first-order chi connectivity index (χ1) is 0. The molecule has 0 aromatic carbocycles. The SMILES string of the molecule is F.F.F.F.F.F.F.F.F.F.F.F.[V].[V].[V].[V]. The largest absolute Gasteiger partial charge is 0.269 e. The van der Waals surface area contributed by atoms with Crippen molar-refractivity contribution in [3.05, 3.63) is 0 Å². The van der Waals surface area contributed by atoms with Crippen LogP contribution in [0, 0.1) is 0 Å². The average molecular weight is 444 g/mol. The molecule has 0 aliphatic carbocycles. The predicted octanol–water partition coefficient (Wildman–Crippen LogP) is 1.82. The van der Waals surface area contributed by atoms with E-state index < -0.39 is 0 Å². The van der Waals surface area contributed by atoms with Crippen LogP contribution in [0.1, 0.15) is 0 Å². The zero-order valence-electron chi connectivity index (χ0n) is 6.69. The molecule has 0 aliphatic rings. The van der Waals surface area contributed by atoms with E-state index in [0.717, 1.165) is 0 Å². The van der Waals surface area contributed by atoms with E-state index in [2.05, 4.69) is 0 Å². The van der Waals surface area contributed by atoms with E-state index >= 15 is 0 Å². The Labute approximate surface area is 130 Å². The van der Waals surface area contributed by atoms with Crippen molar-refractivity contribution in [2.75, 3.05) is 0 Å². The topological polar surface area (TPSA) is 0 Å². The van der Waals surface area contributed by atoms with Gasteiger partial charge in [-0.25, -0.2) is 0 Å². The predicted molar refractivity (Wildman–Crippen MR) is 30.0 cm³/mol. The molecule has 4 radical (unpaired) electrons. The summed E-state index contributed by atoms with van der Waals surface area (Å²) in [6.07, 6.45) is 0. The molecule has 0 aromatic heterocycles. The standard InChI is InChI=1S/12FH.4V/h12*1H;;;;. The molecule has 0 saturated heterocycles. The Morgan fingerprint density at radius 2 is 0.125 bits per heavy atom. The van der Waals surface area contributed by atoms with Crippen molar-refractivity contribution >= 4 is 0 Å². The molecule has 0 spiro atoms. The Hall–Kier alpha value is 1.50. The molecule has 116 valence electrons. The molecule has 0 unspecified atom stereocenters.